The Labute approximate surface area is 155 Å². The number of carbonyl (C=O) groups is 2. The molecule has 1 amide bonds. The number of ether oxygens (including phenoxy) is 2. The molecule has 1 aliphatic rings. The normalized spacial score (nSPS) is 16.6. The van der Waals surface area contributed by atoms with Crippen LogP contribution in [0.4, 0.5) is 0 Å². The quantitative estimate of drug-likeness (QED) is 0.793. The number of aliphatic carboxylic acids is 1. The van der Waals surface area contributed by atoms with Gasteiger partial charge in [-0.1, -0.05) is 0 Å². The van der Waals surface area contributed by atoms with Crippen molar-refractivity contribution in [3.63, 3.8) is 0 Å². The van der Waals surface area contributed by atoms with Crippen molar-refractivity contribution in [2.45, 2.75) is 32.2 Å². The standard InChI is InChI=1S/C19H21NO7/c1-10-12(9-16(21)20-6-4-5-13(20)18(22)23)19(24)27-15-8-11(25-2)7-14(26-3)17(10)15/h7-8,13H,4-6,9H2,1-3H3,(H,22,23)/t13-/m1/s1. The van der Waals surface area contributed by atoms with Gasteiger partial charge in [0, 0.05) is 18.7 Å². The van der Waals surface area contributed by atoms with Crippen LogP contribution in [0.15, 0.2) is 21.3 Å². The van der Waals surface area contributed by atoms with E-state index in [2.05, 4.69) is 0 Å². The van der Waals surface area contributed by atoms with Crippen LogP contribution in [0.2, 0.25) is 0 Å². The molecule has 144 valence electrons. The summed E-state index contributed by atoms with van der Waals surface area (Å²) in [4.78, 5) is 37.8. The Bertz CT molecular complexity index is 963. The summed E-state index contributed by atoms with van der Waals surface area (Å²) in [5.41, 5.74) is 0.441. The van der Waals surface area contributed by atoms with Crippen LogP contribution in [0.1, 0.15) is 24.0 Å². The summed E-state index contributed by atoms with van der Waals surface area (Å²) in [5.74, 6) is -0.491. The number of aryl methyl sites for hydroxylation is 1. The molecule has 1 N–H and O–H groups in total. The van der Waals surface area contributed by atoms with Crippen molar-refractivity contribution in [3.05, 3.63) is 33.7 Å². The largest absolute Gasteiger partial charge is 0.496 e. The highest BCUT2D eigenvalue weighted by Gasteiger charge is 2.34. The van der Waals surface area contributed by atoms with Crippen LogP contribution in [0, 0.1) is 6.92 Å². The highest BCUT2D eigenvalue weighted by molar-refractivity contribution is 5.91. The highest BCUT2D eigenvalue weighted by Crippen LogP contribution is 2.34. The number of fused-ring (bicyclic) bond motifs is 1. The van der Waals surface area contributed by atoms with Crippen molar-refractivity contribution < 1.29 is 28.6 Å². The topological polar surface area (TPSA) is 106 Å². The summed E-state index contributed by atoms with van der Waals surface area (Å²) in [5, 5.41) is 9.84. The average Bonchev–Trinajstić information content (AvgIpc) is 3.14. The lowest BCUT2D eigenvalue weighted by atomic mass is 10.0. The number of hydrogen-bond acceptors (Lipinski definition) is 6. The Morgan fingerprint density at radius 1 is 1.30 bits per heavy atom. The predicted molar refractivity (Wildman–Crippen MR) is 96.4 cm³/mol. The zero-order valence-electron chi connectivity index (χ0n) is 15.4. The second kappa shape index (κ2) is 7.30. The molecule has 1 aromatic heterocycles. The number of carboxylic acids is 1. The van der Waals surface area contributed by atoms with Gasteiger partial charge in [-0.2, -0.15) is 0 Å². The van der Waals surface area contributed by atoms with Crippen LogP contribution in [0.25, 0.3) is 11.0 Å². The molecule has 0 aliphatic carbocycles. The first kappa shape index (κ1) is 18.8. The number of benzene rings is 1. The minimum absolute atomic E-state index is 0.201. The summed E-state index contributed by atoms with van der Waals surface area (Å²) in [6.45, 7) is 2.09. The Morgan fingerprint density at radius 3 is 2.67 bits per heavy atom. The molecule has 0 bridgehead atoms. The fourth-order valence-electron chi connectivity index (χ4n) is 3.54. The first-order valence-electron chi connectivity index (χ1n) is 8.58. The molecule has 1 fully saturated rings. The van der Waals surface area contributed by atoms with Crippen molar-refractivity contribution in [2.75, 3.05) is 20.8 Å². The summed E-state index contributed by atoms with van der Waals surface area (Å²) >= 11 is 0. The maximum atomic E-state index is 12.7. The van der Waals surface area contributed by atoms with Gasteiger partial charge in [-0.25, -0.2) is 9.59 Å². The fourth-order valence-corrected chi connectivity index (χ4v) is 3.54. The highest BCUT2D eigenvalue weighted by atomic mass is 16.5. The minimum Gasteiger partial charge on any atom is -0.496 e. The zero-order valence-corrected chi connectivity index (χ0v) is 15.4. The van der Waals surface area contributed by atoms with E-state index in [0.29, 0.717) is 47.4 Å². The lowest BCUT2D eigenvalue weighted by Gasteiger charge is -2.21. The number of rotatable bonds is 5. The number of amides is 1. The van der Waals surface area contributed by atoms with Gasteiger partial charge in [0.25, 0.3) is 0 Å². The molecule has 1 aromatic carbocycles. The van der Waals surface area contributed by atoms with Crippen molar-refractivity contribution in [3.8, 4) is 11.5 Å². The molecular weight excluding hydrogens is 354 g/mol. The number of carboxylic acid groups (broad SMARTS) is 1. The lowest BCUT2D eigenvalue weighted by molar-refractivity contribution is -0.148. The first-order chi connectivity index (χ1) is 12.9. The van der Waals surface area contributed by atoms with Crippen LogP contribution >= 0.6 is 0 Å². The fraction of sp³-hybridized carbons (Fsp3) is 0.421. The van der Waals surface area contributed by atoms with E-state index in [4.69, 9.17) is 13.9 Å². The molecule has 1 saturated heterocycles. The molecule has 2 heterocycles. The molecule has 1 aliphatic heterocycles. The van der Waals surface area contributed by atoms with Crippen molar-refractivity contribution >= 4 is 22.8 Å². The Morgan fingerprint density at radius 2 is 2.04 bits per heavy atom. The SMILES string of the molecule is COc1cc(OC)c2c(C)c(CC(=O)N3CCC[C@@H]3C(=O)O)c(=O)oc2c1. The van der Waals surface area contributed by atoms with Crippen LogP contribution in [-0.2, 0) is 16.0 Å². The molecule has 0 spiro atoms. The van der Waals surface area contributed by atoms with Crippen LogP contribution < -0.4 is 15.1 Å². The number of carbonyl (C=O) groups excluding carboxylic acids is 1. The van der Waals surface area contributed by atoms with Crippen LogP contribution in [0.5, 0.6) is 11.5 Å². The first-order valence-corrected chi connectivity index (χ1v) is 8.58. The summed E-state index contributed by atoms with van der Waals surface area (Å²) < 4.78 is 16.0. The second-order valence-electron chi connectivity index (χ2n) is 6.46. The molecule has 0 radical (unpaired) electrons. The van der Waals surface area contributed by atoms with E-state index in [1.165, 1.54) is 19.1 Å². The van der Waals surface area contributed by atoms with Gasteiger partial charge in [-0.05, 0) is 25.3 Å². The monoisotopic (exact) mass is 375 g/mol. The number of hydrogen-bond donors (Lipinski definition) is 1. The third-order valence-electron chi connectivity index (χ3n) is 4.96. The molecule has 27 heavy (non-hydrogen) atoms. The zero-order chi connectivity index (χ0) is 19.7. The average molecular weight is 375 g/mol. The predicted octanol–water partition coefficient (Wildman–Crippen LogP) is 1.74. The van der Waals surface area contributed by atoms with Gasteiger partial charge in [0.1, 0.15) is 23.1 Å². The third-order valence-corrected chi connectivity index (χ3v) is 4.96. The van der Waals surface area contributed by atoms with Gasteiger partial charge in [0.05, 0.1) is 31.6 Å². The molecule has 8 nitrogen and oxygen atoms in total. The maximum absolute atomic E-state index is 12.7. The smallest absolute Gasteiger partial charge is 0.340 e. The van der Waals surface area contributed by atoms with Gasteiger partial charge < -0.3 is 23.9 Å². The Kier molecular flexibility index (Phi) is 5.07. The number of nitrogens with zero attached hydrogens (tertiary/aromatic N) is 1. The van der Waals surface area contributed by atoms with E-state index in [9.17, 15) is 19.5 Å². The van der Waals surface area contributed by atoms with Gasteiger partial charge in [-0.3, -0.25) is 4.79 Å². The van der Waals surface area contributed by atoms with E-state index in [0.717, 1.165) is 0 Å². The lowest BCUT2D eigenvalue weighted by Crippen LogP contribution is -2.41. The summed E-state index contributed by atoms with van der Waals surface area (Å²) in [6.07, 6.45) is 0.824. The van der Waals surface area contributed by atoms with E-state index in [1.807, 2.05) is 0 Å². The molecule has 0 unspecified atom stereocenters. The molecule has 1 atom stereocenters. The molecule has 3 rings (SSSR count). The molecule has 2 aromatic rings. The van der Waals surface area contributed by atoms with E-state index >= 15 is 0 Å². The maximum Gasteiger partial charge on any atom is 0.340 e. The van der Waals surface area contributed by atoms with E-state index in [1.54, 1.807) is 19.1 Å². The van der Waals surface area contributed by atoms with Gasteiger partial charge >= 0.3 is 11.6 Å². The van der Waals surface area contributed by atoms with Gasteiger partial charge in [0.2, 0.25) is 5.91 Å². The minimum atomic E-state index is -1.03. The molecule has 8 heteroatoms. The summed E-state index contributed by atoms with van der Waals surface area (Å²) in [7, 11) is 2.98. The number of likely N-dealkylation sites (tertiary alicyclic amines) is 1. The summed E-state index contributed by atoms with van der Waals surface area (Å²) in [6, 6.07) is 2.41. The molecular formula is C19H21NO7. The number of methoxy groups -OCH3 is 2. The van der Waals surface area contributed by atoms with E-state index < -0.39 is 23.5 Å². The Balaban J connectivity index is 2.03. The van der Waals surface area contributed by atoms with E-state index in [-0.39, 0.29) is 12.0 Å². The van der Waals surface area contributed by atoms with Crippen molar-refractivity contribution in [2.24, 2.45) is 0 Å². The van der Waals surface area contributed by atoms with Gasteiger partial charge in [-0.15, -0.1) is 0 Å². The Hall–Kier alpha value is -3.03. The third kappa shape index (κ3) is 3.34. The van der Waals surface area contributed by atoms with Crippen molar-refractivity contribution in [1.29, 1.82) is 0 Å². The van der Waals surface area contributed by atoms with Crippen LogP contribution in [-0.4, -0.2) is 48.7 Å². The molecule has 0 saturated carbocycles. The van der Waals surface area contributed by atoms with Crippen LogP contribution in [0.3, 0.4) is 0 Å². The second-order valence-corrected chi connectivity index (χ2v) is 6.46. The van der Waals surface area contributed by atoms with Gasteiger partial charge in [0.15, 0.2) is 0 Å². The van der Waals surface area contributed by atoms with Crippen molar-refractivity contribution in [1.82, 2.24) is 4.90 Å².